The number of hydrogen-bond acceptors (Lipinski definition) is 6. The lowest BCUT2D eigenvalue weighted by Gasteiger charge is -2.08. The molecule has 0 bridgehead atoms. The highest BCUT2D eigenvalue weighted by Gasteiger charge is 2.27. The number of nitrogens with zero attached hydrogens (tertiary/aromatic N) is 1. The first-order valence-electron chi connectivity index (χ1n) is 9.79. The van der Waals surface area contributed by atoms with Crippen molar-refractivity contribution in [2.24, 2.45) is 0 Å². The van der Waals surface area contributed by atoms with Crippen molar-refractivity contribution >= 4 is 54.4 Å². The van der Waals surface area contributed by atoms with Crippen molar-refractivity contribution in [3.05, 3.63) is 89.6 Å². The van der Waals surface area contributed by atoms with E-state index in [4.69, 9.17) is 0 Å². The molecule has 2 heterocycles. The van der Waals surface area contributed by atoms with Crippen LogP contribution in [0.2, 0.25) is 0 Å². The Bertz CT molecular complexity index is 1440. The summed E-state index contributed by atoms with van der Waals surface area (Å²) in [4.78, 5) is 17.0. The molecule has 4 aromatic rings. The summed E-state index contributed by atoms with van der Waals surface area (Å²) in [7, 11) is -3.64. The van der Waals surface area contributed by atoms with Crippen LogP contribution in [0.25, 0.3) is 15.8 Å². The van der Waals surface area contributed by atoms with Crippen molar-refractivity contribution in [1.82, 2.24) is 9.71 Å². The lowest BCUT2D eigenvalue weighted by atomic mass is 10.1. The summed E-state index contributed by atoms with van der Waals surface area (Å²) in [6.45, 7) is 0.217. The van der Waals surface area contributed by atoms with Gasteiger partial charge in [-0.2, -0.15) is 0 Å². The number of amides is 1. The number of thiazole rings is 1. The second-order valence-corrected chi connectivity index (χ2v) is 9.83. The van der Waals surface area contributed by atoms with Gasteiger partial charge in [0, 0.05) is 24.0 Å². The Morgan fingerprint density at radius 3 is 2.56 bits per heavy atom. The van der Waals surface area contributed by atoms with E-state index in [1.165, 1.54) is 23.5 Å². The van der Waals surface area contributed by atoms with Crippen LogP contribution < -0.4 is 15.4 Å². The molecule has 0 radical (unpaired) electrons. The number of hydrogen-bond donors (Lipinski definition) is 3. The van der Waals surface area contributed by atoms with E-state index in [0.717, 1.165) is 27.0 Å². The summed E-state index contributed by atoms with van der Waals surface area (Å²) >= 11 is 1.52. The van der Waals surface area contributed by atoms with E-state index in [0.29, 0.717) is 11.3 Å². The SMILES string of the molecule is O=C1Nc2ccc3scnc3c2/C1=C/Nc1ccc(S(=O)(=O)NCc2ccccc2)cc1. The largest absolute Gasteiger partial charge is 0.361 e. The molecule has 1 aliphatic heterocycles. The fourth-order valence-electron chi connectivity index (χ4n) is 3.49. The topological polar surface area (TPSA) is 100 Å². The number of benzene rings is 3. The Morgan fingerprint density at radius 1 is 1.00 bits per heavy atom. The van der Waals surface area contributed by atoms with E-state index in [1.54, 1.807) is 23.8 Å². The second kappa shape index (κ2) is 8.19. The van der Waals surface area contributed by atoms with E-state index in [1.807, 2.05) is 42.5 Å². The molecular weight excluding hydrogens is 444 g/mol. The van der Waals surface area contributed by atoms with Crippen molar-refractivity contribution in [3.8, 4) is 0 Å². The summed E-state index contributed by atoms with van der Waals surface area (Å²) in [5, 5.41) is 5.94. The maximum absolute atomic E-state index is 12.6. The number of aromatic nitrogens is 1. The summed E-state index contributed by atoms with van der Waals surface area (Å²) < 4.78 is 28.7. The van der Waals surface area contributed by atoms with Crippen molar-refractivity contribution in [3.63, 3.8) is 0 Å². The summed E-state index contributed by atoms with van der Waals surface area (Å²) in [5.74, 6) is -0.211. The molecule has 7 nitrogen and oxygen atoms in total. The average molecular weight is 463 g/mol. The molecule has 1 aliphatic rings. The first-order valence-corrected chi connectivity index (χ1v) is 12.2. The molecule has 0 spiro atoms. The average Bonchev–Trinajstić information content (AvgIpc) is 3.41. The third-order valence-corrected chi connectivity index (χ3v) is 7.33. The number of rotatable bonds is 6. The minimum atomic E-state index is -3.64. The molecule has 0 atom stereocenters. The van der Waals surface area contributed by atoms with Gasteiger partial charge in [-0.25, -0.2) is 18.1 Å². The van der Waals surface area contributed by atoms with Gasteiger partial charge in [-0.3, -0.25) is 4.79 Å². The van der Waals surface area contributed by atoms with Crippen LogP contribution in [0, 0.1) is 0 Å². The van der Waals surface area contributed by atoms with Crippen molar-refractivity contribution < 1.29 is 13.2 Å². The van der Waals surface area contributed by atoms with Crippen LogP contribution in [0.15, 0.2) is 83.3 Å². The molecule has 5 rings (SSSR count). The van der Waals surface area contributed by atoms with Gasteiger partial charge in [-0.05, 0) is 42.0 Å². The highest BCUT2D eigenvalue weighted by Crippen LogP contribution is 2.38. The van der Waals surface area contributed by atoms with Gasteiger partial charge in [-0.15, -0.1) is 11.3 Å². The molecule has 0 saturated heterocycles. The third-order valence-electron chi connectivity index (χ3n) is 5.12. The lowest BCUT2D eigenvalue weighted by molar-refractivity contribution is -0.110. The first kappa shape index (κ1) is 20.4. The highest BCUT2D eigenvalue weighted by molar-refractivity contribution is 7.89. The van der Waals surface area contributed by atoms with Crippen LogP contribution in [0.3, 0.4) is 0 Å². The van der Waals surface area contributed by atoms with Crippen molar-refractivity contribution in [1.29, 1.82) is 0 Å². The van der Waals surface area contributed by atoms with E-state index < -0.39 is 10.0 Å². The van der Waals surface area contributed by atoms with E-state index in [-0.39, 0.29) is 17.3 Å². The minimum absolute atomic E-state index is 0.166. The fourth-order valence-corrected chi connectivity index (χ4v) is 5.19. The van der Waals surface area contributed by atoms with E-state index in [2.05, 4.69) is 20.3 Å². The number of nitrogens with one attached hydrogen (secondary N) is 3. The Balaban J connectivity index is 1.33. The number of fused-ring (bicyclic) bond motifs is 3. The maximum atomic E-state index is 12.6. The van der Waals surface area contributed by atoms with E-state index in [9.17, 15) is 13.2 Å². The van der Waals surface area contributed by atoms with Crippen LogP contribution in [0.4, 0.5) is 11.4 Å². The Labute approximate surface area is 188 Å². The van der Waals surface area contributed by atoms with Gasteiger partial charge in [0.25, 0.3) is 5.91 Å². The Kier molecular flexibility index (Phi) is 5.22. The predicted octanol–water partition coefficient (Wildman–Crippen LogP) is 4.18. The van der Waals surface area contributed by atoms with Crippen LogP contribution in [-0.2, 0) is 21.4 Å². The number of carbonyl (C=O) groups excluding carboxylic acids is 1. The standard InChI is InChI=1S/C23H18N4O3S2/c28-23-18(21-19(27-23)10-11-20-22(21)25-14-31-20)13-24-16-6-8-17(9-7-16)32(29,30)26-12-15-4-2-1-3-5-15/h1-11,13-14,24,26H,12H2,(H,27,28)/b18-13-. The zero-order valence-electron chi connectivity index (χ0n) is 16.7. The molecular formula is C23H18N4O3S2. The quantitative estimate of drug-likeness (QED) is 0.373. The fraction of sp³-hybridized carbons (Fsp3) is 0.0435. The first-order chi connectivity index (χ1) is 15.5. The minimum Gasteiger partial charge on any atom is -0.361 e. The zero-order valence-corrected chi connectivity index (χ0v) is 18.3. The van der Waals surface area contributed by atoms with Crippen LogP contribution in [0.1, 0.15) is 11.1 Å². The highest BCUT2D eigenvalue weighted by atomic mass is 32.2. The van der Waals surface area contributed by atoms with Crippen molar-refractivity contribution in [2.45, 2.75) is 11.4 Å². The van der Waals surface area contributed by atoms with Crippen LogP contribution in [0.5, 0.6) is 0 Å². The number of carbonyl (C=O) groups is 1. The van der Waals surface area contributed by atoms with Gasteiger partial charge >= 0.3 is 0 Å². The maximum Gasteiger partial charge on any atom is 0.257 e. The van der Waals surface area contributed by atoms with Crippen molar-refractivity contribution in [2.75, 3.05) is 10.6 Å². The molecule has 9 heteroatoms. The monoisotopic (exact) mass is 462 g/mol. The van der Waals surface area contributed by atoms with Gasteiger partial charge in [0.15, 0.2) is 0 Å². The Morgan fingerprint density at radius 2 is 1.78 bits per heavy atom. The van der Waals surface area contributed by atoms with Crippen LogP contribution >= 0.6 is 11.3 Å². The zero-order chi connectivity index (χ0) is 22.1. The molecule has 160 valence electrons. The normalized spacial score (nSPS) is 14.5. The predicted molar refractivity (Wildman–Crippen MR) is 127 cm³/mol. The number of sulfonamides is 1. The van der Waals surface area contributed by atoms with Crippen LogP contribution in [-0.4, -0.2) is 19.3 Å². The van der Waals surface area contributed by atoms with Gasteiger partial charge < -0.3 is 10.6 Å². The molecule has 0 aliphatic carbocycles. The molecule has 32 heavy (non-hydrogen) atoms. The van der Waals surface area contributed by atoms with E-state index >= 15 is 0 Å². The molecule has 0 fully saturated rings. The van der Waals surface area contributed by atoms with Gasteiger partial charge in [0.05, 0.1) is 31.9 Å². The molecule has 1 amide bonds. The molecule has 3 aromatic carbocycles. The molecule has 0 saturated carbocycles. The summed E-state index contributed by atoms with van der Waals surface area (Å²) in [6.07, 6.45) is 1.62. The summed E-state index contributed by atoms with van der Waals surface area (Å²) in [5.41, 5.74) is 6.06. The second-order valence-electron chi connectivity index (χ2n) is 7.18. The lowest BCUT2D eigenvalue weighted by Crippen LogP contribution is -2.23. The molecule has 3 N–H and O–H groups in total. The number of anilines is 2. The summed E-state index contributed by atoms with van der Waals surface area (Å²) in [6, 6.07) is 19.5. The molecule has 0 unspecified atom stereocenters. The third kappa shape index (κ3) is 3.89. The molecule has 1 aromatic heterocycles. The Hall–Kier alpha value is -3.53. The van der Waals surface area contributed by atoms with Gasteiger partial charge in [0.1, 0.15) is 0 Å². The smallest absolute Gasteiger partial charge is 0.257 e. The van der Waals surface area contributed by atoms with Gasteiger partial charge in [-0.1, -0.05) is 30.3 Å². The van der Waals surface area contributed by atoms with Gasteiger partial charge in [0.2, 0.25) is 10.0 Å².